The Morgan fingerprint density at radius 3 is 2.88 bits per heavy atom. The predicted octanol–water partition coefficient (Wildman–Crippen LogP) is 3.75. The number of hydrogen-bond acceptors (Lipinski definition) is 2. The maximum absolute atomic E-state index is 5.82. The summed E-state index contributed by atoms with van der Waals surface area (Å²) < 4.78 is 0. The van der Waals surface area contributed by atoms with Crippen LogP contribution in [0.15, 0.2) is 36.7 Å². The minimum absolute atomic E-state index is 0.429. The monoisotopic (exact) mass is 232 g/mol. The summed E-state index contributed by atoms with van der Waals surface area (Å²) in [7, 11) is 0. The molecule has 0 saturated carbocycles. The lowest BCUT2D eigenvalue weighted by Gasteiger charge is -2.03. The fourth-order valence-electron chi connectivity index (χ4n) is 1.66. The van der Waals surface area contributed by atoms with E-state index in [0.29, 0.717) is 5.15 Å². The van der Waals surface area contributed by atoms with Crippen LogP contribution in [0.5, 0.6) is 0 Å². The molecule has 2 nitrogen and oxygen atoms in total. The number of nitrogens with zero attached hydrogens (tertiary/aromatic N) is 2. The molecule has 0 aliphatic heterocycles. The van der Waals surface area contributed by atoms with Crippen molar-refractivity contribution >= 4 is 11.6 Å². The zero-order valence-electron chi connectivity index (χ0n) is 9.15. The van der Waals surface area contributed by atoms with Gasteiger partial charge in [0.1, 0.15) is 5.15 Å². The van der Waals surface area contributed by atoms with Crippen LogP contribution in [0.1, 0.15) is 18.9 Å². The summed E-state index contributed by atoms with van der Waals surface area (Å²) in [6.07, 6.45) is 5.50. The summed E-state index contributed by atoms with van der Waals surface area (Å²) in [5, 5.41) is 0.429. The van der Waals surface area contributed by atoms with Gasteiger partial charge in [-0.1, -0.05) is 43.1 Å². The number of rotatable bonds is 3. The SMILES string of the molecule is CCCc1cccc(-c2cncc(Cl)n2)c1. The first kappa shape index (κ1) is 11.1. The van der Waals surface area contributed by atoms with E-state index in [1.54, 1.807) is 12.4 Å². The summed E-state index contributed by atoms with van der Waals surface area (Å²) in [4.78, 5) is 8.29. The summed E-state index contributed by atoms with van der Waals surface area (Å²) in [6.45, 7) is 2.17. The highest BCUT2D eigenvalue weighted by Gasteiger charge is 2.01. The van der Waals surface area contributed by atoms with E-state index < -0.39 is 0 Å². The van der Waals surface area contributed by atoms with Crippen LogP contribution in [0.4, 0.5) is 0 Å². The van der Waals surface area contributed by atoms with Gasteiger partial charge in [0.15, 0.2) is 0 Å². The first-order valence-electron chi connectivity index (χ1n) is 5.36. The van der Waals surface area contributed by atoms with E-state index in [1.165, 1.54) is 5.56 Å². The lowest BCUT2D eigenvalue weighted by molar-refractivity contribution is 0.922. The molecule has 1 heterocycles. The molecule has 0 amide bonds. The molecule has 0 spiro atoms. The molecule has 1 aromatic carbocycles. The molecule has 0 aliphatic rings. The Hall–Kier alpha value is -1.41. The first-order chi connectivity index (χ1) is 7.79. The fourth-order valence-corrected chi connectivity index (χ4v) is 1.80. The normalized spacial score (nSPS) is 10.4. The van der Waals surface area contributed by atoms with Crippen molar-refractivity contribution in [3.63, 3.8) is 0 Å². The average molecular weight is 233 g/mol. The van der Waals surface area contributed by atoms with Gasteiger partial charge in [-0.2, -0.15) is 0 Å². The fraction of sp³-hybridized carbons (Fsp3) is 0.231. The second-order valence-corrected chi connectivity index (χ2v) is 4.06. The molecule has 3 heteroatoms. The molecule has 2 aromatic rings. The number of halogens is 1. The van der Waals surface area contributed by atoms with E-state index in [2.05, 4.69) is 29.0 Å². The Morgan fingerprint density at radius 2 is 2.12 bits per heavy atom. The van der Waals surface area contributed by atoms with Crippen molar-refractivity contribution in [2.24, 2.45) is 0 Å². The molecule has 82 valence electrons. The smallest absolute Gasteiger partial charge is 0.148 e. The van der Waals surface area contributed by atoms with Crippen LogP contribution < -0.4 is 0 Å². The van der Waals surface area contributed by atoms with Gasteiger partial charge in [-0.25, -0.2) is 4.98 Å². The summed E-state index contributed by atoms with van der Waals surface area (Å²) >= 11 is 5.82. The summed E-state index contributed by atoms with van der Waals surface area (Å²) in [5.41, 5.74) is 3.22. The molecule has 1 aromatic heterocycles. The van der Waals surface area contributed by atoms with Crippen molar-refractivity contribution in [1.82, 2.24) is 9.97 Å². The van der Waals surface area contributed by atoms with E-state index in [9.17, 15) is 0 Å². The number of hydrogen-bond donors (Lipinski definition) is 0. The lowest BCUT2D eigenvalue weighted by Crippen LogP contribution is -1.88. The van der Waals surface area contributed by atoms with Crippen molar-refractivity contribution in [3.05, 3.63) is 47.4 Å². The zero-order valence-corrected chi connectivity index (χ0v) is 9.91. The van der Waals surface area contributed by atoms with E-state index >= 15 is 0 Å². The van der Waals surface area contributed by atoms with Gasteiger partial charge >= 0.3 is 0 Å². The van der Waals surface area contributed by atoms with Crippen molar-refractivity contribution in [2.75, 3.05) is 0 Å². The van der Waals surface area contributed by atoms with Crippen LogP contribution in [0, 0.1) is 0 Å². The third-order valence-electron chi connectivity index (χ3n) is 2.37. The molecule has 0 unspecified atom stereocenters. The van der Waals surface area contributed by atoms with E-state index in [1.807, 2.05) is 12.1 Å². The van der Waals surface area contributed by atoms with Crippen LogP contribution in [0.3, 0.4) is 0 Å². The summed E-state index contributed by atoms with van der Waals surface area (Å²) in [6, 6.07) is 8.34. The number of aromatic nitrogens is 2. The number of aryl methyl sites for hydroxylation is 1. The van der Waals surface area contributed by atoms with E-state index in [4.69, 9.17) is 11.6 Å². The minimum atomic E-state index is 0.429. The summed E-state index contributed by atoms with van der Waals surface area (Å²) in [5.74, 6) is 0. The van der Waals surface area contributed by atoms with E-state index in [-0.39, 0.29) is 0 Å². The van der Waals surface area contributed by atoms with Crippen LogP contribution in [0.25, 0.3) is 11.3 Å². The van der Waals surface area contributed by atoms with Crippen LogP contribution >= 0.6 is 11.6 Å². The standard InChI is InChI=1S/C13H13ClN2/c1-2-4-10-5-3-6-11(7-10)12-8-15-9-13(14)16-12/h3,5-9H,2,4H2,1H3. The van der Waals surface area contributed by atoms with Gasteiger partial charge in [0.05, 0.1) is 18.1 Å². The van der Waals surface area contributed by atoms with E-state index in [0.717, 1.165) is 24.1 Å². The third kappa shape index (κ3) is 2.58. The Bertz CT molecular complexity index is 483. The predicted molar refractivity (Wildman–Crippen MR) is 66.5 cm³/mol. The van der Waals surface area contributed by atoms with Gasteiger partial charge in [-0.15, -0.1) is 0 Å². The maximum Gasteiger partial charge on any atom is 0.148 e. The second-order valence-electron chi connectivity index (χ2n) is 3.68. The molecular formula is C13H13ClN2. The first-order valence-corrected chi connectivity index (χ1v) is 5.74. The highest BCUT2D eigenvalue weighted by molar-refractivity contribution is 6.29. The zero-order chi connectivity index (χ0) is 11.4. The van der Waals surface area contributed by atoms with Gasteiger partial charge in [-0.05, 0) is 18.1 Å². The Morgan fingerprint density at radius 1 is 1.25 bits per heavy atom. The maximum atomic E-state index is 5.82. The second kappa shape index (κ2) is 5.08. The molecule has 0 N–H and O–H groups in total. The van der Waals surface area contributed by atoms with Crippen LogP contribution in [-0.4, -0.2) is 9.97 Å². The van der Waals surface area contributed by atoms with Gasteiger partial charge in [0, 0.05) is 5.56 Å². The quantitative estimate of drug-likeness (QED) is 0.806. The molecule has 0 aliphatic carbocycles. The highest BCUT2D eigenvalue weighted by Crippen LogP contribution is 2.19. The number of benzene rings is 1. The Labute approximate surface area is 100 Å². The van der Waals surface area contributed by atoms with Crippen molar-refractivity contribution in [2.45, 2.75) is 19.8 Å². The Kier molecular flexibility index (Phi) is 3.52. The Balaban J connectivity index is 2.36. The topological polar surface area (TPSA) is 25.8 Å². The van der Waals surface area contributed by atoms with Crippen molar-refractivity contribution < 1.29 is 0 Å². The lowest BCUT2D eigenvalue weighted by atomic mass is 10.1. The molecule has 0 radical (unpaired) electrons. The molecular weight excluding hydrogens is 220 g/mol. The van der Waals surface area contributed by atoms with Crippen molar-refractivity contribution in [1.29, 1.82) is 0 Å². The molecule has 0 bridgehead atoms. The molecule has 2 rings (SSSR count). The average Bonchev–Trinajstić information content (AvgIpc) is 2.30. The minimum Gasteiger partial charge on any atom is -0.259 e. The third-order valence-corrected chi connectivity index (χ3v) is 2.55. The van der Waals surface area contributed by atoms with Gasteiger partial charge in [0.25, 0.3) is 0 Å². The van der Waals surface area contributed by atoms with Crippen LogP contribution in [-0.2, 0) is 6.42 Å². The molecule has 0 saturated heterocycles. The van der Waals surface area contributed by atoms with Gasteiger partial charge in [0.2, 0.25) is 0 Å². The highest BCUT2D eigenvalue weighted by atomic mass is 35.5. The molecule has 0 fully saturated rings. The van der Waals surface area contributed by atoms with Gasteiger partial charge < -0.3 is 0 Å². The molecule has 16 heavy (non-hydrogen) atoms. The van der Waals surface area contributed by atoms with Crippen molar-refractivity contribution in [3.8, 4) is 11.3 Å². The molecule has 0 atom stereocenters. The largest absolute Gasteiger partial charge is 0.259 e. The van der Waals surface area contributed by atoms with Gasteiger partial charge in [-0.3, -0.25) is 4.98 Å². The van der Waals surface area contributed by atoms with Crippen LogP contribution in [0.2, 0.25) is 5.15 Å².